The van der Waals surface area contributed by atoms with Crippen LogP contribution in [0, 0.1) is 24.0 Å². The second-order valence-corrected chi connectivity index (χ2v) is 7.11. The number of nitrogens with one attached hydrogen (secondary N) is 1. The number of amides is 2. The normalized spacial score (nSPS) is 11.3. The highest BCUT2D eigenvalue weighted by atomic mass is 32.1. The van der Waals surface area contributed by atoms with Gasteiger partial charge in [0.2, 0.25) is 11.6 Å². The molecule has 0 aliphatic rings. The minimum Gasteiger partial charge on any atom is -0.462 e. The molecule has 0 saturated heterocycles. The first kappa shape index (κ1) is 23.8. The standard InChI is InChI=1S/C16H16F3N5O6S/c1-4-30-15(27)9-6(2)11(13(20)26)31-14(9)21-8(25)5-23-7(3)10(24(28)29)12(22-23)16(17,18)19/h4-5H2,1-3H3,(H2,20,26)(H,21,25). The Kier molecular flexibility index (Phi) is 6.68. The molecule has 31 heavy (non-hydrogen) atoms. The van der Waals surface area contributed by atoms with Crippen molar-refractivity contribution >= 4 is 39.8 Å². The number of hydrogen-bond donors (Lipinski definition) is 2. The number of alkyl halides is 3. The first-order chi connectivity index (χ1) is 14.3. The largest absolute Gasteiger partial charge is 0.462 e. The Morgan fingerprint density at radius 2 is 1.94 bits per heavy atom. The molecule has 0 fully saturated rings. The van der Waals surface area contributed by atoms with Gasteiger partial charge in [0.25, 0.3) is 5.91 Å². The molecule has 2 rings (SSSR count). The van der Waals surface area contributed by atoms with Crippen molar-refractivity contribution in [1.29, 1.82) is 0 Å². The smallest absolute Gasteiger partial charge is 0.442 e. The third-order valence-corrected chi connectivity index (χ3v) is 5.24. The number of nitrogens with zero attached hydrogens (tertiary/aromatic N) is 3. The molecule has 0 bridgehead atoms. The predicted molar refractivity (Wildman–Crippen MR) is 101 cm³/mol. The molecule has 15 heteroatoms. The Bertz CT molecular complexity index is 1070. The summed E-state index contributed by atoms with van der Waals surface area (Å²) >= 11 is 0.684. The van der Waals surface area contributed by atoms with E-state index in [-0.39, 0.29) is 27.6 Å². The molecule has 0 atom stereocenters. The van der Waals surface area contributed by atoms with Crippen molar-refractivity contribution in [2.24, 2.45) is 5.73 Å². The van der Waals surface area contributed by atoms with Crippen molar-refractivity contribution in [2.45, 2.75) is 33.5 Å². The summed E-state index contributed by atoms with van der Waals surface area (Å²) in [6.45, 7) is 3.14. The summed E-state index contributed by atoms with van der Waals surface area (Å²) in [4.78, 5) is 46.0. The van der Waals surface area contributed by atoms with Crippen LogP contribution in [-0.4, -0.2) is 39.1 Å². The molecule has 0 aliphatic carbocycles. The van der Waals surface area contributed by atoms with Crippen LogP contribution in [0.3, 0.4) is 0 Å². The molecule has 168 valence electrons. The van der Waals surface area contributed by atoms with Crippen LogP contribution in [-0.2, 0) is 22.3 Å². The van der Waals surface area contributed by atoms with Crippen molar-refractivity contribution in [3.63, 3.8) is 0 Å². The summed E-state index contributed by atoms with van der Waals surface area (Å²) in [5.41, 5.74) is 1.79. The lowest BCUT2D eigenvalue weighted by atomic mass is 10.1. The summed E-state index contributed by atoms with van der Waals surface area (Å²) in [6.07, 6.45) is -5.10. The maximum Gasteiger partial charge on any atom is 0.442 e. The molecule has 3 N–H and O–H groups in total. The molecule has 2 aromatic rings. The topological polar surface area (TPSA) is 159 Å². The molecule has 2 amide bonds. The van der Waals surface area contributed by atoms with Gasteiger partial charge < -0.3 is 15.8 Å². The fraction of sp³-hybridized carbons (Fsp3) is 0.375. The van der Waals surface area contributed by atoms with Crippen molar-refractivity contribution in [1.82, 2.24) is 9.78 Å². The number of nitrogens with two attached hydrogens (primary N) is 1. The van der Waals surface area contributed by atoms with Gasteiger partial charge in [0.15, 0.2) is 0 Å². The van der Waals surface area contributed by atoms with E-state index < -0.39 is 52.5 Å². The zero-order valence-corrected chi connectivity index (χ0v) is 17.1. The van der Waals surface area contributed by atoms with Gasteiger partial charge in [-0.3, -0.25) is 24.4 Å². The highest BCUT2D eigenvalue weighted by molar-refractivity contribution is 7.18. The van der Waals surface area contributed by atoms with E-state index in [1.165, 1.54) is 6.92 Å². The van der Waals surface area contributed by atoms with Gasteiger partial charge >= 0.3 is 17.8 Å². The fourth-order valence-corrected chi connectivity index (χ4v) is 3.75. The number of hydrogen-bond acceptors (Lipinski definition) is 8. The van der Waals surface area contributed by atoms with Gasteiger partial charge in [-0.2, -0.15) is 18.3 Å². The molecule has 11 nitrogen and oxygen atoms in total. The Morgan fingerprint density at radius 3 is 2.39 bits per heavy atom. The molecule has 0 radical (unpaired) electrons. The van der Waals surface area contributed by atoms with Crippen LogP contribution in [0.25, 0.3) is 0 Å². The average Bonchev–Trinajstić information content (AvgIpc) is 3.12. The zero-order chi connectivity index (χ0) is 23.7. The number of carbonyl (C=O) groups excluding carboxylic acids is 3. The molecule has 0 saturated carbocycles. The molecule has 0 aromatic carbocycles. The zero-order valence-electron chi connectivity index (χ0n) is 16.3. The first-order valence-corrected chi connectivity index (χ1v) is 9.30. The SMILES string of the molecule is CCOC(=O)c1c(NC(=O)Cn2nc(C(F)(F)F)c([N+](=O)[O-])c2C)sc(C(N)=O)c1C. The van der Waals surface area contributed by atoms with Crippen LogP contribution < -0.4 is 11.1 Å². The van der Waals surface area contributed by atoms with Gasteiger partial charge in [0, 0.05) is 0 Å². The van der Waals surface area contributed by atoms with Gasteiger partial charge in [-0.05, 0) is 26.3 Å². The predicted octanol–water partition coefficient (Wildman–Crippen LogP) is 2.40. The second kappa shape index (κ2) is 8.71. The maximum atomic E-state index is 13.0. The van der Waals surface area contributed by atoms with E-state index >= 15 is 0 Å². The highest BCUT2D eigenvalue weighted by Crippen LogP contribution is 2.37. The van der Waals surface area contributed by atoms with E-state index in [2.05, 4.69) is 10.4 Å². The number of primary amides is 1. The van der Waals surface area contributed by atoms with Gasteiger partial charge in [-0.15, -0.1) is 11.3 Å². The van der Waals surface area contributed by atoms with E-state index in [4.69, 9.17) is 10.5 Å². The number of esters is 1. The Labute approximate surface area is 176 Å². The van der Waals surface area contributed by atoms with Crippen LogP contribution in [0.5, 0.6) is 0 Å². The minimum absolute atomic E-state index is 0.00375. The Hall–Kier alpha value is -3.49. The van der Waals surface area contributed by atoms with Crippen molar-refractivity contribution < 1.29 is 37.2 Å². The number of carbonyl (C=O) groups is 3. The van der Waals surface area contributed by atoms with Crippen LogP contribution in [0.1, 0.15) is 43.9 Å². The Balaban J connectivity index is 2.40. The first-order valence-electron chi connectivity index (χ1n) is 8.48. The minimum atomic E-state index is -5.10. The highest BCUT2D eigenvalue weighted by Gasteiger charge is 2.44. The van der Waals surface area contributed by atoms with E-state index in [9.17, 15) is 37.7 Å². The number of aromatic nitrogens is 2. The van der Waals surface area contributed by atoms with Gasteiger partial charge in [0.05, 0.1) is 22.0 Å². The van der Waals surface area contributed by atoms with Crippen LogP contribution in [0.15, 0.2) is 0 Å². The molecule has 0 unspecified atom stereocenters. The molecule has 0 aliphatic heterocycles. The van der Waals surface area contributed by atoms with Gasteiger partial charge in [-0.1, -0.05) is 0 Å². The molecular formula is C16H16F3N5O6S. The molecular weight excluding hydrogens is 447 g/mol. The van der Waals surface area contributed by atoms with Crippen molar-refractivity contribution in [2.75, 3.05) is 11.9 Å². The van der Waals surface area contributed by atoms with E-state index in [0.29, 0.717) is 16.0 Å². The lowest BCUT2D eigenvalue weighted by Crippen LogP contribution is -2.21. The van der Waals surface area contributed by atoms with Crippen LogP contribution in [0.2, 0.25) is 0 Å². The fourth-order valence-electron chi connectivity index (χ4n) is 2.69. The van der Waals surface area contributed by atoms with E-state index in [1.807, 2.05) is 0 Å². The lowest BCUT2D eigenvalue weighted by molar-refractivity contribution is -0.388. The quantitative estimate of drug-likeness (QED) is 0.362. The second-order valence-electron chi connectivity index (χ2n) is 6.09. The summed E-state index contributed by atoms with van der Waals surface area (Å²) in [7, 11) is 0. The number of rotatable bonds is 7. The molecule has 0 spiro atoms. The summed E-state index contributed by atoms with van der Waals surface area (Å²) < 4.78 is 44.6. The number of thiophene rings is 1. The Morgan fingerprint density at radius 1 is 1.32 bits per heavy atom. The summed E-state index contributed by atoms with van der Waals surface area (Å²) in [6, 6.07) is 0. The van der Waals surface area contributed by atoms with Gasteiger partial charge in [0.1, 0.15) is 17.2 Å². The summed E-state index contributed by atoms with van der Waals surface area (Å²) in [5, 5.41) is 16.4. The van der Waals surface area contributed by atoms with Gasteiger partial charge in [-0.25, -0.2) is 4.79 Å². The number of ether oxygens (including phenoxy) is 1. The van der Waals surface area contributed by atoms with Crippen molar-refractivity contribution in [3.05, 3.63) is 37.5 Å². The third-order valence-electron chi connectivity index (χ3n) is 4.02. The lowest BCUT2D eigenvalue weighted by Gasteiger charge is -2.08. The number of halogens is 3. The third kappa shape index (κ3) is 4.82. The molecule has 2 aromatic heterocycles. The summed E-state index contributed by atoms with van der Waals surface area (Å²) in [5.74, 6) is -2.65. The van der Waals surface area contributed by atoms with Crippen molar-refractivity contribution in [3.8, 4) is 0 Å². The van der Waals surface area contributed by atoms with Crippen LogP contribution in [0.4, 0.5) is 23.9 Å². The number of nitro groups is 1. The maximum absolute atomic E-state index is 13.0. The average molecular weight is 463 g/mol. The number of anilines is 1. The van der Waals surface area contributed by atoms with Crippen LogP contribution >= 0.6 is 11.3 Å². The van der Waals surface area contributed by atoms with E-state index in [1.54, 1.807) is 6.92 Å². The monoisotopic (exact) mass is 463 g/mol. The van der Waals surface area contributed by atoms with E-state index in [0.717, 1.165) is 6.92 Å². The molecule has 2 heterocycles.